The molecule has 1 heterocycles. The van der Waals surface area contributed by atoms with E-state index in [1.165, 1.54) is 0 Å². The molecular formula is C20H30N2O5S. The van der Waals surface area contributed by atoms with Crippen LogP contribution in [0.15, 0.2) is 18.2 Å². The number of hydrogen-bond donors (Lipinski definition) is 1. The van der Waals surface area contributed by atoms with Crippen molar-refractivity contribution in [3.05, 3.63) is 29.3 Å². The third-order valence-corrected chi connectivity index (χ3v) is 7.38. The standard InChI is InChI=1S/C20H30N2O5S/c1-14-6-9-19(15(2)11-14)27-13-20(23)22-10-4-5-17(18(22)12-26-3)21-28(24,25)16-7-8-16/h6,9,11,16-18,21H,4-5,7-8,10,12-13H2,1-3H3/t17?,18-/m0/s1. The number of benzene rings is 1. The Bertz CT molecular complexity index is 807. The predicted octanol–water partition coefficient (Wildman–Crippen LogP) is 1.77. The van der Waals surface area contributed by atoms with Gasteiger partial charge in [-0.3, -0.25) is 4.79 Å². The third kappa shape index (κ3) is 5.04. The number of carbonyl (C=O) groups is 1. The summed E-state index contributed by atoms with van der Waals surface area (Å²) in [6.45, 7) is 4.74. The number of amides is 1. The number of sulfonamides is 1. The van der Waals surface area contributed by atoms with E-state index >= 15 is 0 Å². The van der Waals surface area contributed by atoms with Crippen LogP contribution < -0.4 is 9.46 Å². The largest absolute Gasteiger partial charge is 0.484 e. The number of likely N-dealkylation sites (tertiary alicyclic amines) is 1. The van der Waals surface area contributed by atoms with Crippen LogP contribution in [-0.2, 0) is 19.6 Å². The zero-order valence-corrected chi connectivity index (χ0v) is 17.6. The van der Waals surface area contributed by atoms with Gasteiger partial charge in [-0.1, -0.05) is 17.7 Å². The van der Waals surface area contributed by atoms with Gasteiger partial charge in [0.1, 0.15) is 5.75 Å². The Kier molecular flexibility index (Phi) is 6.62. The monoisotopic (exact) mass is 410 g/mol. The molecule has 8 heteroatoms. The molecule has 1 saturated heterocycles. The molecule has 0 spiro atoms. The lowest BCUT2D eigenvalue weighted by molar-refractivity contribution is -0.139. The average molecular weight is 411 g/mol. The van der Waals surface area contributed by atoms with Crippen molar-refractivity contribution in [3.8, 4) is 5.75 Å². The number of ether oxygens (including phenoxy) is 2. The first-order valence-corrected chi connectivity index (χ1v) is 11.4. The van der Waals surface area contributed by atoms with Gasteiger partial charge in [-0.2, -0.15) is 0 Å². The topological polar surface area (TPSA) is 84.9 Å². The molecule has 3 rings (SSSR count). The van der Waals surface area contributed by atoms with Crippen molar-refractivity contribution in [2.24, 2.45) is 0 Å². The van der Waals surface area contributed by atoms with E-state index in [0.717, 1.165) is 17.5 Å². The summed E-state index contributed by atoms with van der Waals surface area (Å²) in [4.78, 5) is 14.6. The number of nitrogens with one attached hydrogen (secondary N) is 1. The van der Waals surface area contributed by atoms with Crippen molar-refractivity contribution in [1.82, 2.24) is 9.62 Å². The SMILES string of the molecule is COC[C@H]1C(NS(=O)(=O)C2CC2)CCCN1C(=O)COc1ccc(C)cc1C. The fourth-order valence-electron chi connectivity index (χ4n) is 3.75. The summed E-state index contributed by atoms with van der Waals surface area (Å²) in [5.41, 5.74) is 2.12. The molecule has 28 heavy (non-hydrogen) atoms. The molecule has 0 radical (unpaired) electrons. The molecule has 2 atom stereocenters. The predicted molar refractivity (Wildman–Crippen MR) is 107 cm³/mol. The Morgan fingerprint density at radius 2 is 2.00 bits per heavy atom. The summed E-state index contributed by atoms with van der Waals surface area (Å²) < 4.78 is 38.6. The smallest absolute Gasteiger partial charge is 0.260 e. The summed E-state index contributed by atoms with van der Waals surface area (Å²) in [5.74, 6) is 0.530. The van der Waals surface area contributed by atoms with Gasteiger partial charge in [0, 0.05) is 19.7 Å². The zero-order chi connectivity index (χ0) is 20.3. The number of piperidine rings is 1. The van der Waals surface area contributed by atoms with Crippen LogP contribution >= 0.6 is 0 Å². The minimum absolute atomic E-state index is 0.0772. The maximum absolute atomic E-state index is 12.9. The Balaban J connectivity index is 1.66. The van der Waals surface area contributed by atoms with Gasteiger partial charge in [-0.25, -0.2) is 13.1 Å². The van der Waals surface area contributed by atoms with E-state index in [2.05, 4.69) is 4.72 Å². The lowest BCUT2D eigenvalue weighted by atomic mass is 9.97. The summed E-state index contributed by atoms with van der Waals surface area (Å²) in [7, 11) is -1.76. The second-order valence-corrected chi connectivity index (χ2v) is 9.77. The first-order chi connectivity index (χ1) is 13.3. The van der Waals surface area contributed by atoms with E-state index in [0.29, 0.717) is 31.6 Å². The highest BCUT2D eigenvalue weighted by molar-refractivity contribution is 7.90. The minimum atomic E-state index is -3.33. The molecule has 0 bridgehead atoms. The van der Waals surface area contributed by atoms with E-state index in [-0.39, 0.29) is 36.5 Å². The van der Waals surface area contributed by atoms with Gasteiger partial charge in [-0.05, 0) is 51.2 Å². The Morgan fingerprint density at radius 3 is 2.64 bits per heavy atom. The van der Waals surface area contributed by atoms with Crippen molar-refractivity contribution >= 4 is 15.9 Å². The van der Waals surface area contributed by atoms with Crippen LogP contribution in [0.4, 0.5) is 0 Å². The fourth-order valence-corrected chi connectivity index (χ4v) is 5.40. The first-order valence-electron chi connectivity index (χ1n) is 9.81. The molecule has 1 N–H and O–H groups in total. The van der Waals surface area contributed by atoms with Gasteiger partial charge in [0.05, 0.1) is 17.9 Å². The van der Waals surface area contributed by atoms with Crippen molar-refractivity contribution in [2.45, 2.75) is 56.9 Å². The first kappa shape index (κ1) is 21.1. The molecule has 7 nitrogen and oxygen atoms in total. The van der Waals surface area contributed by atoms with Gasteiger partial charge in [-0.15, -0.1) is 0 Å². The second kappa shape index (κ2) is 8.80. The van der Waals surface area contributed by atoms with Gasteiger partial charge in [0.2, 0.25) is 10.0 Å². The Labute approximate surface area is 167 Å². The summed E-state index contributed by atoms with van der Waals surface area (Å²) in [5, 5.41) is -0.283. The highest BCUT2D eigenvalue weighted by Gasteiger charge is 2.41. The lowest BCUT2D eigenvalue weighted by Crippen LogP contribution is -2.59. The normalized spacial score (nSPS) is 22.9. The van der Waals surface area contributed by atoms with E-state index in [1.54, 1.807) is 12.0 Å². The molecule has 1 aliphatic carbocycles. The molecule has 2 aliphatic rings. The lowest BCUT2D eigenvalue weighted by Gasteiger charge is -2.41. The summed E-state index contributed by atoms with van der Waals surface area (Å²) in [6.07, 6.45) is 2.86. The molecule has 156 valence electrons. The van der Waals surface area contributed by atoms with Crippen LogP contribution in [0.2, 0.25) is 0 Å². The molecule has 1 aromatic rings. The molecule has 1 amide bonds. The van der Waals surface area contributed by atoms with E-state index in [9.17, 15) is 13.2 Å². The van der Waals surface area contributed by atoms with Crippen LogP contribution in [-0.4, -0.2) is 63.4 Å². The molecule has 1 saturated carbocycles. The molecule has 2 fully saturated rings. The highest BCUT2D eigenvalue weighted by Crippen LogP contribution is 2.29. The van der Waals surface area contributed by atoms with Crippen LogP contribution in [0, 0.1) is 13.8 Å². The van der Waals surface area contributed by atoms with Gasteiger partial charge >= 0.3 is 0 Å². The summed E-state index contributed by atoms with van der Waals surface area (Å²) >= 11 is 0. The Morgan fingerprint density at radius 1 is 1.25 bits per heavy atom. The summed E-state index contributed by atoms with van der Waals surface area (Å²) in [6, 6.07) is 5.17. The number of carbonyl (C=O) groups excluding carboxylic acids is 1. The minimum Gasteiger partial charge on any atom is -0.484 e. The number of methoxy groups -OCH3 is 1. The van der Waals surface area contributed by atoms with Crippen molar-refractivity contribution in [2.75, 3.05) is 26.9 Å². The third-order valence-electron chi connectivity index (χ3n) is 5.40. The van der Waals surface area contributed by atoms with Crippen LogP contribution in [0.5, 0.6) is 5.75 Å². The van der Waals surface area contributed by atoms with Crippen LogP contribution in [0.1, 0.15) is 36.8 Å². The van der Waals surface area contributed by atoms with Crippen molar-refractivity contribution < 1.29 is 22.7 Å². The Hall–Kier alpha value is -1.64. The van der Waals surface area contributed by atoms with Crippen LogP contribution in [0.3, 0.4) is 0 Å². The zero-order valence-electron chi connectivity index (χ0n) is 16.8. The fraction of sp³-hybridized carbons (Fsp3) is 0.650. The molecule has 0 aromatic heterocycles. The number of nitrogens with zero attached hydrogens (tertiary/aromatic N) is 1. The quantitative estimate of drug-likeness (QED) is 0.706. The van der Waals surface area contributed by atoms with E-state index < -0.39 is 10.0 Å². The number of rotatable bonds is 8. The average Bonchev–Trinajstić information content (AvgIpc) is 3.48. The van der Waals surface area contributed by atoms with Crippen molar-refractivity contribution in [3.63, 3.8) is 0 Å². The highest BCUT2D eigenvalue weighted by atomic mass is 32.2. The molecule has 1 unspecified atom stereocenters. The second-order valence-electron chi connectivity index (χ2n) is 7.78. The van der Waals surface area contributed by atoms with E-state index in [4.69, 9.17) is 9.47 Å². The van der Waals surface area contributed by atoms with Gasteiger partial charge < -0.3 is 14.4 Å². The van der Waals surface area contributed by atoms with Gasteiger partial charge in [0.15, 0.2) is 6.61 Å². The molecule has 1 aliphatic heterocycles. The maximum Gasteiger partial charge on any atom is 0.260 e. The van der Waals surface area contributed by atoms with Crippen LogP contribution in [0.25, 0.3) is 0 Å². The maximum atomic E-state index is 12.9. The van der Waals surface area contributed by atoms with Gasteiger partial charge in [0.25, 0.3) is 5.91 Å². The number of aryl methyl sites for hydroxylation is 2. The van der Waals surface area contributed by atoms with E-state index in [1.807, 2.05) is 32.0 Å². The molecule has 1 aromatic carbocycles. The number of hydrogen-bond acceptors (Lipinski definition) is 5. The van der Waals surface area contributed by atoms with Crippen molar-refractivity contribution in [1.29, 1.82) is 0 Å². The molecular weight excluding hydrogens is 380 g/mol.